The van der Waals surface area contributed by atoms with Gasteiger partial charge in [-0.1, -0.05) is 50.2 Å². The predicted molar refractivity (Wildman–Crippen MR) is 124 cm³/mol. The molecule has 0 bridgehead atoms. The average molecular weight is 427 g/mol. The van der Waals surface area contributed by atoms with Crippen LogP contribution in [0.5, 0.6) is 0 Å². The molecule has 3 rings (SSSR count). The van der Waals surface area contributed by atoms with Gasteiger partial charge in [0.15, 0.2) is 0 Å². The molecule has 162 valence electrons. The van der Waals surface area contributed by atoms with E-state index in [1.54, 1.807) is 54.9 Å². The van der Waals surface area contributed by atoms with Crippen molar-refractivity contribution < 1.29 is 9.59 Å². The molecule has 3 aromatic rings. The summed E-state index contributed by atoms with van der Waals surface area (Å²) >= 11 is 0. The Morgan fingerprint density at radius 1 is 1.12 bits per heavy atom. The Kier molecular flexibility index (Phi) is 7.85. The van der Waals surface area contributed by atoms with Gasteiger partial charge in [-0.3, -0.25) is 14.6 Å². The molecular formula is C26H26N4O2. The third kappa shape index (κ3) is 5.65. The Hall–Kier alpha value is -3.82. The van der Waals surface area contributed by atoms with Crippen molar-refractivity contribution in [1.29, 1.82) is 5.26 Å². The molecule has 32 heavy (non-hydrogen) atoms. The maximum absolute atomic E-state index is 13.7. The molecule has 1 amide bonds. The second-order valence-corrected chi connectivity index (χ2v) is 7.97. The minimum absolute atomic E-state index is 0.278. The van der Waals surface area contributed by atoms with E-state index >= 15 is 0 Å². The van der Waals surface area contributed by atoms with Crippen LogP contribution in [0.25, 0.3) is 0 Å². The number of anilines is 1. The molecule has 0 aliphatic carbocycles. The SMILES string of the molecule is CC(C)CNC(c1cccnc1)[C@H](C(=O)Nc1cccc(C#N)c1)c1ccccc1C=O. The second kappa shape index (κ2) is 11.0. The molecule has 0 saturated heterocycles. The van der Waals surface area contributed by atoms with Crippen LogP contribution >= 0.6 is 0 Å². The monoisotopic (exact) mass is 426 g/mol. The number of nitriles is 1. The smallest absolute Gasteiger partial charge is 0.233 e. The Balaban J connectivity index is 2.08. The molecule has 0 spiro atoms. The standard InChI is InChI=1S/C26H26N4O2/c1-18(2)15-29-25(20-9-6-12-28-16-20)24(23-11-4-3-8-21(23)17-31)26(32)30-22-10-5-7-19(13-22)14-27/h3-13,16-18,24-25,29H,15H2,1-2H3,(H,30,32)/t24-,25?/m1/s1. The highest BCUT2D eigenvalue weighted by Crippen LogP contribution is 2.34. The van der Waals surface area contributed by atoms with E-state index in [4.69, 9.17) is 0 Å². The van der Waals surface area contributed by atoms with E-state index in [1.807, 2.05) is 18.2 Å². The van der Waals surface area contributed by atoms with Gasteiger partial charge in [0.25, 0.3) is 0 Å². The summed E-state index contributed by atoms with van der Waals surface area (Å²) < 4.78 is 0. The van der Waals surface area contributed by atoms with Crippen molar-refractivity contribution in [1.82, 2.24) is 10.3 Å². The maximum Gasteiger partial charge on any atom is 0.233 e. The molecule has 1 aromatic heterocycles. The zero-order valence-electron chi connectivity index (χ0n) is 18.2. The first-order valence-electron chi connectivity index (χ1n) is 10.5. The van der Waals surface area contributed by atoms with E-state index in [9.17, 15) is 14.9 Å². The number of benzene rings is 2. The van der Waals surface area contributed by atoms with Gasteiger partial charge in [-0.25, -0.2) is 0 Å². The van der Waals surface area contributed by atoms with Gasteiger partial charge in [-0.05, 0) is 47.9 Å². The summed E-state index contributed by atoms with van der Waals surface area (Å²) in [5.41, 5.74) is 2.91. The van der Waals surface area contributed by atoms with Crippen molar-refractivity contribution in [2.45, 2.75) is 25.8 Å². The highest BCUT2D eigenvalue weighted by Gasteiger charge is 2.33. The van der Waals surface area contributed by atoms with Crippen LogP contribution in [0.4, 0.5) is 5.69 Å². The zero-order valence-corrected chi connectivity index (χ0v) is 18.2. The number of amides is 1. The molecule has 6 heteroatoms. The lowest BCUT2D eigenvalue weighted by atomic mass is 9.84. The highest BCUT2D eigenvalue weighted by molar-refractivity contribution is 5.98. The molecule has 0 aliphatic heterocycles. The lowest BCUT2D eigenvalue weighted by molar-refractivity contribution is -0.118. The number of hydrogen-bond donors (Lipinski definition) is 2. The molecule has 1 unspecified atom stereocenters. The Morgan fingerprint density at radius 3 is 2.62 bits per heavy atom. The Labute approximate surface area is 188 Å². The summed E-state index contributed by atoms with van der Waals surface area (Å²) in [6.45, 7) is 4.86. The summed E-state index contributed by atoms with van der Waals surface area (Å²) in [7, 11) is 0. The molecule has 2 atom stereocenters. The summed E-state index contributed by atoms with van der Waals surface area (Å²) in [4.78, 5) is 29.7. The van der Waals surface area contributed by atoms with E-state index in [1.165, 1.54) is 0 Å². The molecule has 0 saturated carbocycles. The fourth-order valence-corrected chi connectivity index (χ4v) is 3.61. The minimum atomic E-state index is -0.704. The van der Waals surface area contributed by atoms with Crippen molar-refractivity contribution in [3.8, 4) is 6.07 Å². The summed E-state index contributed by atoms with van der Waals surface area (Å²) in [5, 5.41) is 15.6. The molecular weight excluding hydrogens is 400 g/mol. The first-order chi connectivity index (χ1) is 15.5. The van der Waals surface area contributed by atoms with Gasteiger partial charge in [-0.2, -0.15) is 5.26 Å². The first kappa shape index (κ1) is 22.9. The number of pyridine rings is 1. The molecule has 1 heterocycles. The topological polar surface area (TPSA) is 94.9 Å². The third-order valence-corrected chi connectivity index (χ3v) is 5.12. The van der Waals surface area contributed by atoms with Crippen LogP contribution in [0.2, 0.25) is 0 Å². The van der Waals surface area contributed by atoms with Crippen LogP contribution in [-0.2, 0) is 4.79 Å². The van der Waals surface area contributed by atoms with E-state index in [-0.39, 0.29) is 5.91 Å². The van der Waals surface area contributed by atoms with Gasteiger partial charge < -0.3 is 10.6 Å². The molecule has 2 N–H and O–H groups in total. The average Bonchev–Trinajstić information content (AvgIpc) is 2.82. The number of aldehydes is 1. The van der Waals surface area contributed by atoms with Crippen LogP contribution in [0.1, 0.15) is 52.9 Å². The third-order valence-electron chi connectivity index (χ3n) is 5.12. The molecule has 6 nitrogen and oxygen atoms in total. The van der Waals surface area contributed by atoms with Crippen LogP contribution in [0, 0.1) is 17.2 Å². The highest BCUT2D eigenvalue weighted by atomic mass is 16.2. The molecule has 0 radical (unpaired) electrons. The molecule has 0 aliphatic rings. The van der Waals surface area contributed by atoms with Crippen molar-refractivity contribution in [2.75, 3.05) is 11.9 Å². The van der Waals surface area contributed by atoms with Crippen molar-refractivity contribution >= 4 is 17.9 Å². The number of carbonyl (C=O) groups is 2. The van der Waals surface area contributed by atoms with E-state index in [0.29, 0.717) is 34.8 Å². The largest absolute Gasteiger partial charge is 0.325 e. The van der Waals surface area contributed by atoms with E-state index in [2.05, 4.69) is 35.5 Å². The van der Waals surface area contributed by atoms with Crippen LogP contribution in [0.15, 0.2) is 73.1 Å². The lowest BCUT2D eigenvalue weighted by Gasteiger charge is -2.29. The van der Waals surface area contributed by atoms with Crippen LogP contribution in [0.3, 0.4) is 0 Å². The predicted octanol–water partition coefficient (Wildman–Crippen LogP) is 4.47. The summed E-state index contributed by atoms with van der Waals surface area (Å²) in [5.74, 6) is -0.629. The second-order valence-electron chi connectivity index (χ2n) is 7.97. The zero-order chi connectivity index (χ0) is 22.9. The maximum atomic E-state index is 13.7. The Morgan fingerprint density at radius 2 is 1.94 bits per heavy atom. The van der Waals surface area contributed by atoms with E-state index < -0.39 is 12.0 Å². The van der Waals surface area contributed by atoms with Gasteiger partial charge in [0.05, 0.1) is 17.6 Å². The van der Waals surface area contributed by atoms with E-state index in [0.717, 1.165) is 11.8 Å². The normalized spacial score (nSPS) is 12.6. The number of aromatic nitrogens is 1. The van der Waals surface area contributed by atoms with Crippen LogP contribution in [-0.4, -0.2) is 23.7 Å². The van der Waals surface area contributed by atoms with Crippen molar-refractivity contribution in [3.63, 3.8) is 0 Å². The van der Waals surface area contributed by atoms with Gasteiger partial charge >= 0.3 is 0 Å². The quantitative estimate of drug-likeness (QED) is 0.492. The number of hydrogen-bond acceptors (Lipinski definition) is 5. The fourth-order valence-electron chi connectivity index (χ4n) is 3.61. The van der Waals surface area contributed by atoms with Gasteiger partial charge in [0.2, 0.25) is 5.91 Å². The number of nitrogens with one attached hydrogen (secondary N) is 2. The Bertz CT molecular complexity index is 1110. The van der Waals surface area contributed by atoms with Gasteiger partial charge in [0, 0.05) is 29.7 Å². The molecule has 0 fully saturated rings. The van der Waals surface area contributed by atoms with Crippen molar-refractivity contribution in [2.24, 2.45) is 5.92 Å². The fraction of sp³-hybridized carbons (Fsp3) is 0.231. The van der Waals surface area contributed by atoms with Gasteiger partial charge in [0.1, 0.15) is 6.29 Å². The number of nitrogens with zero attached hydrogens (tertiary/aromatic N) is 2. The first-order valence-corrected chi connectivity index (χ1v) is 10.5. The number of carbonyl (C=O) groups excluding carboxylic acids is 2. The van der Waals surface area contributed by atoms with Crippen molar-refractivity contribution in [3.05, 3.63) is 95.3 Å². The number of rotatable bonds is 9. The minimum Gasteiger partial charge on any atom is -0.325 e. The molecule has 2 aromatic carbocycles. The van der Waals surface area contributed by atoms with Crippen LogP contribution < -0.4 is 10.6 Å². The summed E-state index contributed by atoms with van der Waals surface area (Å²) in [6, 6.07) is 19.3. The van der Waals surface area contributed by atoms with Gasteiger partial charge in [-0.15, -0.1) is 0 Å². The summed E-state index contributed by atoms with van der Waals surface area (Å²) in [6.07, 6.45) is 4.19. The lowest BCUT2D eigenvalue weighted by Crippen LogP contribution is -2.36.